The number of rotatable bonds is 3. The lowest BCUT2D eigenvalue weighted by atomic mass is 10.0. The molecule has 0 fully saturated rings. The SMILES string of the molecule is Cn1ncc2ccc(-c3ccc(C(=O)C(=O)O)cc3)cc21. The summed E-state index contributed by atoms with van der Waals surface area (Å²) in [4.78, 5) is 22.0. The molecule has 3 aromatic rings. The zero-order valence-corrected chi connectivity index (χ0v) is 11.3. The number of nitrogens with zero attached hydrogens (tertiary/aromatic N) is 2. The van der Waals surface area contributed by atoms with Crippen molar-refractivity contribution in [1.82, 2.24) is 9.78 Å². The largest absolute Gasteiger partial charge is 0.475 e. The van der Waals surface area contributed by atoms with Gasteiger partial charge in [-0.2, -0.15) is 5.10 Å². The first kappa shape index (κ1) is 13.1. The summed E-state index contributed by atoms with van der Waals surface area (Å²) in [5.74, 6) is -2.34. The van der Waals surface area contributed by atoms with E-state index in [1.54, 1.807) is 23.0 Å². The molecule has 1 N–H and O–H groups in total. The van der Waals surface area contributed by atoms with Crippen molar-refractivity contribution in [2.45, 2.75) is 0 Å². The van der Waals surface area contributed by atoms with E-state index in [1.165, 1.54) is 12.1 Å². The van der Waals surface area contributed by atoms with Gasteiger partial charge in [-0.15, -0.1) is 0 Å². The molecular weight excluding hydrogens is 268 g/mol. The minimum absolute atomic E-state index is 0.174. The van der Waals surface area contributed by atoms with Crippen LogP contribution in [0.4, 0.5) is 0 Å². The van der Waals surface area contributed by atoms with Crippen LogP contribution < -0.4 is 0 Å². The lowest BCUT2D eigenvalue weighted by molar-refractivity contribution is -0.131. The van der Waals surface area contributed by atoms with Crippen LogP contribution in [0.15, 0.2) is 48.7 Å². The fourth-order valence-corrected chi connectivity index (χ4v) is 2.26. The maximum Gasteiger partial charge on any atom is 0.377 e. The van der Waals surface area contributed by atoms with Crippen molar-refractivity contribution in [2.24, 2.45) is 7.05 Å². The van der Waals surface area contributed by atoms with Gasteiger partial charge < -0.3 is 5.11 Å². The van der Waals surface area contributed by atoms with Gasteiger partial charge in [0.1, 0.15) is 0 Å². The summed E-state index contributed by atoms with van der Waals surface area (Å²) in [5.41, 5.74) is 3.09. The van der Waals surface area contributed by atoms with Crippen LogP contribution in [-0.4, -0.2) is 26.6 Å². The third-order valence-electron chi connectivity index (χ3n) is 3.42. The van der Waals surface area contributed by atoms with Crippen LogP contribution in [0.25, 0.3) is 22.0 Å². The van der Waals surface area contributed by atoms with Gasteiger partial charge in [0.15, 0.2) is 0 Å². The summed E-state index contributed by atoms with van der Waals surface area (Å²) in [6.07, 6.45) is 1.80. The van der Waals surface area contributed by atoms with Crippen molar-refractivity contribution in [3.8, 4) is 11.1 Å². The molecule has 21 heavy (non-hydrogen) atoms. The Morgan fingerprint density at radius 2 is 1.71 bits per heavy atom. The van der Waals surface area contributed by atoms with Gasteiger partial charge in [-0.1, -0.05) is 36.4 Å². The van der Waals surface area contributed by atoms with Gasteiger partial charge in [0.25, 0.3) is 5.78 Å². The molecule has 0 aliphatic rings. The highest BCUT2D eigenvalue weighted by atomic mass is 16.4. The van der Waals surface area contributed by atoms with Crippen LogP contribution in [0.1, 0.15) is 10.4 Å². The Morgan fingerprint density at radius 3 is 2.38 bits per heavy atom. The van der Waals surface area contributed by atoms with Gasteiger partial charge in [-0.25, -0.2) is 4.79 Å². The Bertz CT molecular complexity index is 848. The molecule has 0 unspecified atom stereocenters. The van der Waals surface area contributed by atoms with Crippen molar-refractivity contribution in [1.29, 1.82) is 0 Å². The summed E-state index contributed by atoms with van der Waals surface area (Å²) in [6, 6.07) is 12.5. The second kappa shape index (κ2) is 4.86. The van der Waals surface area contributed by atoms with Gasteiger partial charge >= 0.3 is 5.97 Å². The molecule has 3 rings (SSSR count). The topological polar surface area (TPSA) is 72.2 Å². The van der Waals surface area contributed by atoms with Crippen molar-refractivity contribution >= 4 is 22.7 Å². The number of ketones is 1. The molecular formula is C16H12N2O3. The fourth-order valence-electron chi connectivity index (χ4n) is 2.26. The Labute approximate surface area is 120 Å². The predicted octanol–water partition coefficient (Wildman–Crippen LogP) is 2.51. The molecule has 0 spiro atoms. The van der Waals surface area contributed by atoms with E-state index in [0.717, 1.165) is 22.0 Å². The zero-order chi connectivity index (χ0) is 15.0. The number of aromatic nitrogens is 2. The quantitative estimate of drug-likeness (QED) is 0.591. The molecule has 0 radical (unpaired) electrons. The van der Waals surface area contributed by atoms with Crippen LogP contribution in [0.3, 0.4) is 0 Å². The highest BCUT2D eigenvalue weighted by Gasteiger charge is 2.14. The first-order valence-electron chi connectivity index (χ1n) is 6.36. The van der Waals surface area contributed by atoms with E-state index in [0.29, 0.717) is 0 Å². The van der Waals surface area contributed by atoms with Crippen molar-refractivity contribution in [2.75, 3.05) is 0 Å². The molecule has 2 aromatic carbocycles. The number of fused-ring (bicyclic) bond motifs is 1. The smallest absolute Gasteiger partial charge is 0.377 e. The van der Waals surface area contributed by atoms with E-state index in [-0.39, 0.29) is 5.56 Å². The van der Waals surface area contributed by atoms with Gasteiger partial charge in [0.2, 0.25) is 0 Å². The summed E-state index contributed by atoms with van der Waals surface area (Å²) < 4.78 is 1.79. The first-order valence-corrected chi connectivity index (χ1v) is 6.36. The normalized spacial score (nSPS) is 10.7. The highest BCUT2D eigenvalue weighted by molar-refractivity contribution is 6.39. The first-order chi connectivity index (χ1) is 10.1. The molecule has 0 amide bonds. The van der Waals surface area contributed by atoms with Gasteiger partial charge in [0, 0.05) is 18.0 Å². The van der Waals surface area contributed by atoms with E-state index in [2.05, 4.69) is 5.10 Å². The number of carboxylic acids is 1. The average molecular weight is 280 g/mol. The number of aryl methyl sites for hydroxylation is 1. The summed E-state index contributed by atoms with van der Waals surface area (Å²) in [6.45, 7) is 0. The number of hydrogen-bond donors (Lipinski definition) is 1. The second-order valence-electron chi connectivity index (χ2n) is 4.75. The monoisotopic (exact) mass is 280 g/mol. The van der Waals surface area contributed by atoms with Gasteiger partial charge in [-0.05, 0) is 17.2 Å². The van der Waals surface area contributed by atoms with Crippen LogP contribution in [0.2, 0.25) is 0 Å². The maximum atomic E-state index is 11.4. The minimum Gasteiger partial charge on any atom is -0.475 e. The Kier molecular flexibility index (Phi) is 3.02. The maximum absolute atomic E-state index is 11.4. The molecule has 5 heteroatoms. The predicted molar refractivity (Wildman–Crippen MR) is 78.1 cm³/mol. The lowest BCUT2D eigenvalue weighted by Crippen LogP contribution is -2.12. The van der Waals surface area contributed by atoms with Crippen LogP contribution in [0.5, 0.6) is 0 Å². The third kappa shape index (κ3) is 2.29. The molecule has 0 saturated heterocycles. The van der Waals surface area contributed by atoms with Crippen LogP contribution in [0, 0.1) is 0 Å². The zero-order valence-electron chi connectivity index (χ0n) is 11.3. The number of Topliss-reactive ketones (excluding diaryl/α,β-unsaturated/α-hetero) is 1. The molecule has 104 valence electrons. The Balaban J connectivity index is 2.00. The standard InChI is InChI=1S/C16H12N2O3/c1-18-14-8-12(6-7-13(14)9-17-18)10-2-4-11(5-3-10)15(19)16(20)21/h2-9H,1H3,(H,20,21). The van der Waals surface area contributed by atoms with Crippen molar-refractivity contribution < 1.29 is 14.7 Å². The minimum atomic E-state index is -1.45. The van der Waals surface area contributed by atoms with Gasteiger partial charge in [-0.3, -0.25) is 9.48 Å². The molecule has 5 nitrogen and oxygen atoms in total. The molecule has 0 bridgehead atoms. The summed E-state index contributed by atoms with van der Waals surface area (Å²) in [7, 11) is 1.88. The number of benzene rings is 2. The lowest BCUT2D eigenvalue weighted by Gasteiger charge is -2.04. The van der Waals surface area contributed by atoms with Gasteiger partial charge in [0.05, 0.1) is 11.7 Å². The second-order valence-corrected chi connectivity index (χ2v) is 4.75. The van der Waals surface area contributed by atoms with Crippen molar-refractivity contribution in [3.63, 3.8) is 0 Å². The van der Waals surface area contributed by atoms with Crippen molar-refractivity contribution in [3.05, 3.63) is 54.2 Å². The number of carbonyl (C=O) groups is 2. The Hall–Kier alpha value is -2.95. The summed E-state index contributed by atoms with van der Waals surface area (Å²) >= 11 is 0. The molecule has 0 aliphatic heterocycles. The third-order valence-corrected chi connectivity index (χ3v) is 3.42. The van der Waals surface area contributed by atoms with E-state index in [4.69, 9.17) is 5.11 Å². The highest BCUT2D eigenvalue weighted by Crippen LogP contribution is 2.24. The van der Waals surface area contributed by atoms with Crippen LogP contribution >= 0.6 is 0 Å². The molecule has 1 heterocycles. The fraction of sp³-hybridized carbons (Fsp3) is 0.0625. The van der Waals surface area contributed by atoms with E-state index < -0.39 is 11.8 Å². The molecule has 0 atom stereocenters. The summed E-state index contributed by atoms with van der Waals surface area (Å²) in [5, 5.41) is 13.9. The Morgan fingerprint density at radius 1 is 1.05 bits per heavy atom. The average Bonchev–Trinajstić information content (AvgIpc) is 2.87. The molecule has 0 saturated carbocycles. The van der Waals surface area contributed by atoms with E-state index >= 15 is 0 Å². The molecule has 0 aliphatic carbocycles. The number of carboxylic acid groups (broad SMARTS) is 1. The molecule has 1 aromatic heterocycles. The number of aliphatic carboxylic acids is 1. The van der Waals surface area contributed by atoms with E-state index in [1.807, 2.05) is 25.2 Å². The number of hydrogen-bond acceptors (Lipinski definition) is 3. The van der Waals surface area contributed by atoms with Crippen LogP contribution in [-0.2, 0) is 11.8 Å². The number of carbonyl (C=O) groups excluding carboxylic acids is 1. The van der Waals surface area contributed by atoms with E-state index in [9.17, 15) is 9.59 Å².